The highest BCUT2D eigenvalue weighted by molar-refractivity contribution is 9.10. The Bertz CT molecular complexity index is 751. The van der Waals surface area contributed by atoms with Crippen molar-refractivity contribution in [2.75, 3.05) is 5.32 Å². The number of rotatable bonds is 4. The Hall–Kier alpha value is -2.41. The SMILES string of the molecule is CC(OC(=O)c1cc(Br)ccc1O)C(=O)Nc1cccc(F)c1. The van der Waals surface area contributed by atoms with E-state index in [-0.39, 0.29) is 17.0 Å². The van der Waals surface area contributed by atoms with Crippen molar-refractivity contribution >= 4 is 33.5 Å². The van der Waals surface area contributed by atoms with E-state index in [2.05, 4.69) is 21.2 Å². The van der Waals surface area contributed by atoms with E-state index in [4.69, 9.17) is 4.74 Å². The first kappa shape index (κ1) is 17.0. The molecule has 2 N–H and O–H groups in total. The van der Waals surface area contributed by atoms with Gasteiger partial charge in [-0.05, 0) is 43.3 Å². The summed E-state index contributed by atoms with van der Waals surface area (Å²) in [6, 6.07) is 9.62. The van der Waals surface area contributed by atoms with E-state index in [0.717, 1.165) is 6.07 Å². The van der Waals surface area contributed by atoms with Crippen molar-refractivity contribution in [3.63, 3.8) is 0 Å². The lowest BCUT2D eigenvalue weighted by atomic mass is 10.2. The summed E-state index contributed by atoms with van der Waals surface area (Å²) in [5.74, 6) is -2.20. The summed E-state index contributed by atoms with van der Waals surface area (Å²) < 4.78 is 18.7. The maximum Gasteiger partial charge on any atom is 0.342 e. The molecule has 0 fully saturated rings. The van der Waals surface area contributed by atoms with Crippen LogP contribution in [-0.4, -0.2) is 23.1 Å². The van der Waals surface area contributed by atoms with E-state index in [0.29, 0.717) is 4.47 Å². The maximum atomic E-state index is 13.1. The summed E-state index contributed by atoms with van der Waals surface area (Å²) in [7, 11) is 0. The summed E-state index contributed by atoms with van der Waals surface area (Å²) in [5.41, 5.74) is 0.188. The fourth-order valence-electron chi connectivity index (χ4n) is 1.76. The van der Waals surface area contributed by atoms with Crippen LogP contribution in [0.4, 0.5) is 10.1 Å². The van der Waals surface area contributed by atoms with Crippen molar-refractivity contribution in [1.29, 1.82) is 0 Å². The monoisotopic (exact) mass is 381 g/mol. The van der Waals surface area contributed by atoms with Crippen molar-refractivity contribution in [2.24, 2.45) is 0 Å². The molecule has 5 nitrogen and oxygen atoms in total. The third kappa shape index (κ3) is 4.53. The van der Waals surface area contributed by atoms with Gasteiger partial charge in [-0.15, -0.1) is 0 Å². The molecular formula is C16H13BrFNO4. The Balaban J connectivity index is 2.03. The van der Waals surface area contributed by atoms with Crippen LogP contribution in [0.1, 0.15) is 17.3 Å². The van der Waals surface area contributed by atoms with E-state index in [1.807, 2.05) is 0 Å². The second kappa shape index (κ2) is 7.23. The summed E-state index contributed by atoms with van der Waals surface area (Å²) in [6.07, 6.45) is -1.12. The Morgan fingerprint density at radius 3 is 2.70 bits per heavy atom. The van der Waals surface area contributed by atoms with Gasteiger partial charge in [-0.1, -0.05) is 22.0 Å². The zero-order valence-corrected chi connectivity index (χ0v) is 13.6. The number of amides is 1. The normalized spacial score (nSPS) is 11.6. The number of phenolic OH excluding ortho intramolecular Hbond substituents is 1. The molecule has 0 aliphatic rings. The average Bonchev–Trinajstić information content (AvgIpc) is 2.49. The van der Waals surface area contributed by atoms with Crippen molar-refractivity contribution in [3.8, 4) is 5.75 Å². The first-order valence-electron chi connectivity index (χ1n) is 6.63. The number of hydrogen-bond donors (Lipinski definition) is 2. The summed E-state index contributed by atoms with van der Waals surface area (Å²) in [6.45, 7) is 1.38. The molecule has 0 saturated heterocycles. The topological polar surface area (TPSA) is 75.6 Å². The van der Waals surface area contributed by atoms with Crippen LogP contribution in [0.15, 0.2) is 46.9 Å². The number of anilines is 1. The van der Waals surface area contributed by atoms with Crippen molar-refractivity contribution < 1.29 is 23.8 Å². The van der Waals surface area contributed by atoms with E-state index in [1.165, 1.54) is 37.3 Å². The Kier molecular flexibility index (Phi) is 5.33. The van der Waals surface area contributed by atoms with E-state index in [9.17, 15) is 19.1 Å². The summed E-state index contributed by atoms with van der Waals surface area (Å²) in [5, 5.41) is 12.1. The number of halogens is 2. The molecule has 1 atom stereocenters. The van der Waals surface area contributed by atoms with Gasteiger partial charge in [0, 0.05) is 10.2 Å². The van der Waals surface area contributed by atoms with Crippen LogP contribution in [0.25, 0.3) is 0 Å². The van der Waals surface area contributed by atoms with Gasteiger partial charge in [0.1, 0.15) is 17.1 Å². The third-order valence-electron chi connectivity index (χ3n) is 2.92. The Labute approximate surface area is 140 Å². The quantitative estimate of drug-likeness (QED) is 0.794. The van der Waals surface area contributed by atoms with Crippen molar-refractivity contribution in [1.82, 2.24) is 0 Å². The van der Waals surface area contributed by atoms with Crippen LogP contribution in [0.5, 0.6) is 5.75 Å². The van der Waals surface area contributed by atoms with Crippen LogP contribution < -0.4 is 5.32 Å². The molecule has 23 heavy (non-hydrogen) atoms. The molecule has 0 saturated carbocycles. The molecular weight excluding hydrogens is 369 g/mol. The van der Waals surface area contributed by atoms with Gasteiger partial charge in [0.25, 0.3) is 5.91 Å². The lowest BCUT2D eigenvalue weighted by molar-refractivity contribution is -0.123. The molecule has 1 unspecified atom stereocenters. The molecule has 0 aliphatic heterocycles. The van der Waals surface area contributed by atoms with E-state index in [1.54, 1.807) is 6.07 Å². The summed E-state index contributed by atoms with van der Waals surface area (Å²) in [4.78, 5) is 24.0. The third-order valence-corrected chi connectivity index (χ3v) is 3.42. The van der Waals surface area contributed by atoms with Gasteiger partial charge < -0.3 is 15.2 Å². The molecule has 0 radical (unpaired) electrons. The second-order valence-electron chi connectivity index (χ2n) is 4.71. The molecule has 0 spiro atoms. The molecule has 0 heterocycles. The molecule has 0 aliphatic carbocycles. The molecule has 2 rings (SSSR count). The molecule has 0 bridgehead atoms. The highest BCUT2D eigenvalue weighted by Gasteiger charge is 2.21. The predicted molar refractivity (Wildman–Crippen MR) is 85.7 cm³/mol. The second-order valence-corrected chi connectivity index (χ2v) is 5.62. The number of phenols is 1. The molecule has 120 valence electrons. The highest BCUT2D eigenvalue weighted by Crippen LogP contribution is 2.23. The number of aromatic hydroxyl groups is 1. The van der Waals surface area contributed by atoms with E-state index < -0.39 is 23.8 Å². The summed E-state index contributed by atoms with van der Waals surface area (Å²) >= 11 is 3.18. The van der Waals surface area contributed by atoms with Crippen LogP contribution in [0, 0.1) is 5.82 Å². The zero-order chi connectivity index (χ0) is 17.0. The van der Waals surface area contributed by atoms with Gasteiger partial charge in [0.2, 0.25) is 0 Å². The Morgan fingerprint density at radius 2 is 2.00 bits per heavy atom. The average molecular weight is 382 g/mol. The van der Waals surface area contributed by atoms with Crippen LogP contribution in [0.3, 0.4) is 0 Å². The molecule has 0 aromatic heterocycles. The molecule has 7 heteroatoms. The van der Waals surface area contributed by atoms with Crippen LogP contribution in [-0.2, 0) is 9.53 Å². The fraction of sp³-hybridized carbons (Fsp3) is 0.125. The van der Waals surface area contributed by atoms with Crippen molar-refractivity contribution in [3.05, 3.63) is 58.3 Å². The number of ether oxygens (including phenoxy) is 1. The molecule has 2 aromatic carbocycles. The number of hydrogen-bond acceptors (Lipinski definition) is 4. The largest absolute Gasteiger partial charge is 0.507 e. The minimum absolute atomic E-state index is 0.0650. The van der Waals surface area contributed by atoms with Gasteiger partial charge in [-0.2, -0.15) is 0 Å². The zero-order valence-electron chi connectivity index (χ0n) is 12.0. The maximum absolute atomic E-state index is 13.1. The number of benzene rings is 2. The first-order valence-corrected chi connectivity index (χ1v) is 7.42. The number of nitrogens with one attached hydrogen (secondary N) is 1. The van der Waals surface area contributed by atoms with Gasteiger partial charge >= 0.3 is 5.97 Å². The number of carbonyl (C=O) groups is 2. The Morgan fingerprint density at radius 1 is 1.26 bits per heavy atom. The minimum atomic E-state index is -1.12. The van der Waals surface area contributed by atoms with E-state index >= 15 is 0 Å². The smallest absolute Gasteiger partial charge is 0.342 e. The van der Waals surface area contributed by atoms with Gasteiger partial charge in [0.15, 0.2) is 6.10 Å². The highest BCUT2D eigenvalue weighted by atomic mass is 79.9. The van der Waals surface area contributed by atoms with Crippen LogP contribution >= 0.6 is 15.9 Å². The standard InChI is InChI=1S/C16H13BrFNO4/c1-9(15(21)19-12-4-2-3-11(18)8-12)23-16(22)13-7-10(17)5-6-14(13)20/h2-9,20H,1H3,(H,19,21). The number of esters is 1. The van der Waals surface area contributed by atoms with Gasteiger partial charge in [-0.25, -0.2) is 9.18 Å². The molecule has 1 amide bonds. The first-order chi connectivity index (χ1) is 10.9. The van der Waals surface area contributed by atoms with Crippen LogP contribution in [0.2, 0.25) is 0 Å². The number of carbonyl (C=O) groups excluding carboxylic acids is 2. The van der Waals surface area contributed by atoms with Gasteiger partial charge in [-0.3, -0.25) is 4.79 Å². The lowest BCUT2D eigenvalue weighted by Gasteiger charge is -2.14. The van der Waals surface area contributed by atoms with Crippen molar-refractivity contribution in [2.45, 2.75) is 13.0 Å². The minimum Gasteiger partial charge on any atom is -0.507 e. The predicted octanol–water partition coefficient (Wildman–Crippen LogP) is 3.48. The van der Waals surface area contributed by atoms with Gasteiger partial charge in [0.05, 0.1) is 0 Å². The lowest BCUT2D eigenvalue weighted by Crippen LogP contribution is -2.30. The molecule has 2 aromatic rings. The fourth-order valence-corrected chi connectivity index (χ4v) is 2.12.